The Hall–Kier alpha value is -1.89. The summed E-state index contributed by atoms with van der Waals surface area (Å²) in [5.41, 5.74) is 1.52. The number of fused-ring (bicyclic) bond motifs is 1. The summed E-state index contributed by atoms with van der Waals surface area (Å²) in [5.74, 6) is 1.37. The number of hydrogen-bond donors (Lipinski definition) is 3. The van der Waals surface area contributed by atoms with Crippen molar-refractivity contribution in [2.24, 2.45) is 0 Å². The topological polar surface area (TPSA) is 87.8 Å². The standard InChI is InChI=1S/C12H18N6O/c1-3-19-8-4-7(5-8)16-11-9-10(15-6-14-9)17-12(13-2)18-11/h6-8H,3-5H2,1-2H3,(H3,13,14,15,16,17,18). The molecule has 0 atom stereocenters. The Balaban J connectivity index is 1.75. The van der Waals surface area contributed by atoms with Gasteiger partial charge in [-0.05, 0) is 19.8 Å². The Morgan fingerprint density at radius 1 is 1.42 bits per heavy atom. The van der Waals surface area contributed by atoms with Crippen LogP contribution in [0.4, 0.5) is 11.8 Å². The molecule has 7 nitrogen and oxygen atoms in total. The minimum Gasteiger partial charge on any atom is -0.378 e. The van der Waals surface area contributed by atoms with Crippen LogP contribution < -0.4 is 10.6 Å². The molecule has 0 unspecified atom stereocenters. The normalized spacial score (nSPS) is 22.2. The van der Waals surface area contributed by atoms with Crippen molar-refractivity contribution in [3.05, 3.63) is 6.33 Å². The fraction of sp³-hybridized carbons (Fsp3) is 0.583. The summed E-state index contributed by atoms with van der Waals surface area (Å²) in [6, 6.07) is 0.405. The molecular weight excluding hydrogens is 244 g/mol. The maximum atomic E-state index is 5.56. The molecule has 3 rings (SSSR count). The van der Waals surface area contributed by atoms with Crippen LogP contribution in [0.2, 0.25) is 0 Å². The maximum Gasteiger partial charge on any atom is 0.226 e. The van der Waals surface area contributed by atoms with Gasteiger partial charge in [-0.2, -0.15) is 9.97 Å². The second-order valence-corrected chi connectivity index (χ2v) is 4.64. The fourth-order valence-electron chi connectivity index (χ4n) is 2.30. The van der Waals surface area contributed by atoms with E-state index in [-0.39, 0.29) is 0 Å². The van der Waals surface area contributed by atoms with E-state index in [1.807, 2.05) is 6.92 Å². The van der Waals surface area contributed by atoms with E-state index in [1.54, 1.807) is 13.4 Å². The quantitative estimate of drug-likeness (QED) is 0.754. The maximum absolute atomic E-state index is 5.56. The van der Waals surface area contributed by atoms with Gasteiger partial charge in [0.1, 0.15) is 5.52 Å². The zero-order valence-corrected chi connectivity index (χ0v) is 11.1. The molecule has 1 aliphatic carbocycles. The van der Waals surface area contributed by atoms with Gasteiger partial charge in [-0.3, -0.25) is 0 Å². The summed E-state index contributed by atoms with van der Waals surface area (Å²) in [6.45, 7) is 2.80. The first-order chi connectivity index (χ1) is 9.30. The molecule has 0 bridgehead atoms. The second kappa shape index (κ2) is 5.00. The average molecular weight is 262 g/mol. The molecule has 0 aromatic carbocycles. The summed E-state index contributed by atoms with van der Waals surface area (Å²) in [7, 11) is 1.80. The number of H-pyrrole nitrogens is 1. The highest BCUT2D eigenvalue weighted by molar-refractivity contribution is 5.83. The van der Waals surface area contributed by atoms with Crippen molar-refractivity contribution in [3.8, 4) is 0 Å². The monoisotopic (exact) mass is 262 g/mol. The van der Waals surface area contributed by atoms with E-state index in [0.29, 0.717) is 23.7 Å². The van der Waals surface area contributed by atoms with Gasteiger partial charge in [0.05, 0.1) is 12.4 Å². The molecule has 0 radical (unpaired) electrons. The first-order valence-electron chi connectivity index (χ1n) is 6.57. The third-order valence-electron chi connectivity index (χ3n) is 3.35. The highest BCUT2D eigenvalue weighted by Crippen LogP contribution is 2.28. The molecule has 0 aliphatic heterocycles. The lowest BCUT2D eigenvalue weighted by Crippen LogP contribution is -2.41. The Kier molecular flexibility index (Phi) is 3.20. The number of nitrogens with zero attached hydrogens (tertiary/aromatic N) is 3. The molecule has 102 valence electrons. The molecular formula is C12H18N6O. The fourth-order valence-corrected chi connectivity index (χ4v) is 2.30. The van der Waals surface area contributed by atoms with Crippen LogP contribution in [0.3, 0.4) is 0 Å². The summed E-state index contributed by atoms with van der Waals surface area (Å²) >= 11 is 0. The molecule has 2 aromatic heterocycles. The van der Waals surface area contributed by atoms with Gasteiger partial charge in [-0.1, -0.05) is 0 Å². The number of imidazole rings is 1. The summed E-state index contributed by atoms with van der Waals surface area (Å²) in [5, 5.41) is 6.38. The van der Waals surface area contributed by atoms with Gasteiger partial charge in [0.15, 0.2) is 11.5 Å². The largest absolute Gasteiger partial charge is 0.378 e. The SMILES string of the molecule is CCOC1CC(Nc2nc(NC)nc3nc[nH]c23)C1. The van der Waals surface area contributed by atoms with E-state index in [9.17, 15) is 0 Å². The zero-order chi connectivity index (χ0) is 13.2. The lowest BCUT2D eigenvalue weighted by Gasteiger charge is -2.35. The van der Waals surface area contributed by atoms with Crippen LogP contribution in [0, 0.1) is 0 Å². The van der Waals surface area contributed by atoms with Crippen LogP contribution >= 0.6 is 0 Å². The Morgan fingerprint density at radius 3 is 3.00 bits per heavy atom. The van der Waals surface area contributed by atoms with Crippen molar-refractivity contribution in [1.82, 2.24) is 19.9 Å². The molecule has 0 spiro atoms. The van der Waals surface area contributed by atoms with Crippen LogP contribution in [-0.4, -0.2) is 45.7 Å². The molecule has 1 aliphatic rings. The zero-order valence-electron chi connectivity index (χ0n) is 11.1. The Labute approximate surface area is 111 Å². The molecule has 3 N–H and O–H groups in total. The molecule has 2 aromatic rings. The smallest absolute Gasteiger partial charge is 0.226 e. The minimum atomic E-state index is 0.380. The van der Waals surface area contributed by atoms with E-state index >= 15 is 0 Å². The van der Waals surface area contributed by atoms with Crippen molar-refractivity contribution in [1.29, 1.82) is 0 Å². The van der Waals surface area contributed by atoms with E-state index in [2.05, 4.69) is 30.6 Å². The van der Waals surface area contributed by atoms with Crippen molar-refractivity contribution in [2.75, 3.05) is 24.3 Å². The summed E-state index contributed by atoms with van der Waals surface area (Å²) < 4.78 is 5.56. The number of aromatic amines is 1. The van der Waals surface area contributed by atoms with Crippen molar-refractivity contribution < 1.29 is 4.74 Å². The number of hydrogen-bond acceptors (Lipinski definition) is 6. The van der Waals surface area contributed by atoms with Gasteiger partial charge in [-0.15, -0.1) is 0 Å². The minimum absolute atomic E-state index is 0.380. The highest BCUT2D eigenvalue weighted by atomic mass is 16.5. The van der Waals surface area contributed by atoms with Crippen LogP contribution in [0.5, 0.6) is 0 Å². The van der Waals surface area contributed by atoms with E-state index < -0.39 is 0 Å². The molecule has 19 heavy (non-hydrogen) atoms. The molecule has 1 fully saturated rings. The molecule has 0 saturated heterocycles. The summed E-state index contributed by atoms with van der Waals surface area (Å²) in [4.78, 5) is 16.0. The molecule has 1 saturated carbocycles. The Morgan fingerprint density at radius 2 is 2.26 bits per heavy atom. The van der Waals surface area contributed by atoms with Crippen LogP contribution in [0.1, 0.15) is 19.8 Å². The van der Waals surface area contributed by atoms with Crippen molar-refractivity contribution in [2.45, 2.75) is 31.9 Å². The predicted molar refractivity (Wildman–Crippen MR) is 73.3 cm³/mol. The van der Waals surface area contributed by atoms with Gasteiger partial charge in [-0.25, -0.2) is 4.98 Å². The van der Waals surface area contributed by atoms with E-state index in [0.717, 1.165) is 30.8 Å². The first-order valence-corrected chi connectivity index (χ1v) is 6.57. The van der Waals surface area contributed by atoms with E-state index in [1.165, 1.54) is 0 Å². The molecule has 2 heterocycles. The van der Waals surface area contributed by atoms with Gasteiger partial charge in [0.25, 0.3) is 0 Å². The number of rotatable bonds is 5. The van der Waals surface area contributed by atoms with Crippen molar-refractivity contribution in [3.63, 3.8) is 0 Å². The highest BCUT2D eigenvalue weighted by Gasteiger charge is 2.30. The van der Waals surface area contributed by atoms with E-state index in [4.69, 9.17) is 4.74 Å². The van der Waals surface area contributed by atoms with Crippen molar-refractivity contribution >= 4 is 22.9 Å². The summed E-state index contributed by atoms with van der Waals surface area (Å²) in [6.07, 6.45) is 4.05. The van der Waals surface area contributed by atoms with Crippen LogP contribution in [-0.2, 0) is 4.74 Å². The third-order valence-corrected chi connectivity index (χ3v) is 3.35. The first kappa shape index (κ1) is 12.2. The molecule has 0 amide bonds. The van der Waals surface area contributed by atoms with Crippen LogP contribution in [0.15, 0.2) is 6.33 Å². The molecule has 7 heteroatoms. The number of nitrogens with one attached hydrogen (secondary N) is 3. The number of anilines is 2. The number of aromatic nitrogens is 4. The van der Waals surface area contributed by atoms with Gasteiger partial charge in [0, 0.05) is 19.7 Å². The number of ether oxygens (including phenoxy) is 1. The lowest BCUT2D eigenvalue weighted by atomic mass is 9.89. The van der Waals surface area contributed by atoms with Crippen LogP contribution in [0.25, 0.3) is 11.2 Å². The third kappa shape index (κ3) is 2.33. The average Bonchev–Trinajstić information content (AvgIpc) is 2.84. The van der Waals surface area contributed by atoms with Gasteiger partial charge >= 0.3 is 0 Å². The predicted octanol–water partition coefficient (Wildman–Crippen LogP) is 1.37. The Bertz CT molecular complexity index is 562. The van der Waals surface area contributed by atoms with Gasteiger partial charge in [0.2, 0.25) is 5.95 Å². The second-order valence-electron chi connectivity index (χ2n) is 4.64. The lowest BCUT2D eigenvalue weighted by molar-refractivity contribution is 0.00295. The van der Waals surface area contributed by atoms with Gasteiger partial charge < -0.3 is 20.4 Å².